The summed E-state index contributed by atoms with van der Waals surface area (Å²) in [4.78, 5) is 14.2. The molecule has 0 unspecified atom stereocenters. The van der Waals surface area contributed by atoms with E-state index in [-0.39, 0.29) is 24.2 Å². The zero-order valence-electron chi connectivity index (χ0n) is 14.0. The molecule has 1 aliphatic heterocycles. The van der Waals surface area contributed by atoms with E-state index in [9.17, 15) is 14.3 Å². The van der Waals surface area contributed by atoms with E-state index in [2.05, 4.69) is 0 Å². The van der Waals surface area contributed by atoms with Gasteiger partial charge in [0, 0.05) is 13.1 Å². The summed E-state index contributed by atoms with van der Waals surface area (Å²) in [5.41, 5.74) is 0.186. The molecule has 1 amide bonds. The Hall–Kier alpha value is -1.46. The number of piperidine rings is 1. The quantitative estimate of drug-likeness (QED) is 0.900. The Morgan fingerprint density at radius 2 is 1.83 bits per heavy atom. The van der Waals surface area contributed by atoms with Gasteiger partial charge in [0.15, 0.2) is 0 Å². The summed E-state index contributed by atoms with van der Waals surface area (Å²) in [6.45, 7) is 1.84. The molecule has 1 heterocycles. The van der Waals surface area contributed by atoms with Gasteiger partial charge in [-0.25, -0.2) is 4.39 Å². The number of amides is 1. The highest BCUT2D eigenvalue weighted by Crippen LogP contribution is 2.33. The lowest BCUT2D eigenvalue weighted by Gasteiger charge is -2.34. The first-order valence-corrected chi connectivity index (χ1v) is 8.90. The van der Waals surface area contributed by atoms with Gasteiger partial charge < -0.3 is 14.7 Å². The maximum Gasteiger partial charge on any atom is 0.225 e. The van der Waals surface area contributed by atoms with Gasteiger partial charge in [0.05, 0.1) is 24.7 Å². The van der Waals surface area contributed by atoms with Crippen molar-refractivity contribution in [1.29, 1.82) is 0 Å². The van der Waals surface area contributed by atoms with E-state index in [1.807, 2.05) is 4.90 Å². The van der Waals surface area contributed by atoms with Gasteiger partial charge in [-0.05, 0) is 43.4 Å². The average molecular weight is 335 g/mol. The molecule has 5 heteroatoms. The van der Waals surface area contributed by atoms with E-state index in [4.69, 9.17) is 4.74 Å². The molecule has 0 radical (unpaired) electrons. The van der Waals surface area contributed by atoms with Crippen LogP contribution in [0.5, 0.6) is 0 Å². The standard InChI is InChI=1S/C19H26FNO3/c20-16-5-3-15(4-6-16)14-24-17-7-11-21(12-8-17)18(22)13-19(23)9-1-2-10-19/h3-6,17,23H,1-2,7-14H2. The predicted molar refractivity (Wildman–Crippen MR) is 88.8 cm³/mol. The summed E-state index contributed by atoms with van der Waals surface area (Å²) in [6, 6.07) is 6.34. The number of benzene rings is 1. The van der Waals surface area contributed by atoms with Gasteiger partial charge in [-0.2, -0.15) is 0 Å². The number of hydrogen-bond donors (Lipinski definition) is 1. The zero-order valence-corrected chi connectivity index (χ0v) is 14.0. The molecule has 1 aliphatic carbocycles. The lowest BCUT2D eigenvalue weighted by Crippen LogP contribution is -2.43. The van der Waals surface area contributed by atoms with E-state index in [0.29, 0.717) is 19.7 Å². The van der Waals surface area contributed by atoms with Crippen LogP contribution in [0, 0.1) is 5.82 Å². The Balaban J connectivity index is 1.40. The van der Waals surface area contributed by atoms with Crippen LogP contribution in [0.25, 0.3) is 0 Å². The maximum absolute atomic E-state index is 12.9. The first kappa shape index (κ1) is 17.4. The summed E-state index contributed by atoms with van der Waals surface area (Å²) < 4.78 is 18.8. The summed E-state index contributed by atoms with van der Waals surface area (Å²) in [5, 5.41) is 10.4. The second-order valence-corrected chi connectivity index (χ2v) is 7.13. The number of rotatable bonds is 5. The van der Waals surface area contributed by atoms with Crippen molar-refractivity contribution in [2.24, 2.45) is 0 Å². The van der Waals surface area contributed by atoms with Gasteiger partial charge >= 0.3 is 0 Å². The van der Waals surface area contributed by atoms with Gasteiger partial charge in [-0.1, -0.05) is 25.0 Å². The molecule has 3 rings (SSSR count). The van der Waals surface area contributed by atoms with Crippen LogP contribution in [0.3, 0.4) is 0 Å². The SMILES string of the molecule is O=C(CC1(O)CCCC1)N1CCC(OCc2ccc(F)cc2)CC1. The fourth-order valence-corrected chi connectivity index (χ4v) is 3.67. The lowest BCUT2D eigenvalue weighted by molar-refractivity contribution is -0.139. The molecular weight excluding hydrogens is 309 g/mol. The van der Waals surface area contributed by atoms with Crippen molar-refractivity contribution in [2.75, 3.05) is 13.1 Å². The van der Waals surface area contributed by atoms with Crippen molar-refractivity contribution >= 4 is 5.91 Å². The number of nitrogens with zero attached hydrogens (tertiary/aromatic N) is 1. The van der Waals surface area contributed by atoms with E-state index >= 15 is 0 Å². The fourth-order valence-electron chi connectivity index (χ4n) is 3.67. The molecule has 0 aromatic heterocycles. The van der Waals surface area contributed by atoms with Crippen LogP contribution >= 0.6 is 0 Å². The van der Waals surface area contributed by atoms with E-state index in [1.165, 1.54) is 12.1 Å². The average Bonchev–Trinajstić information content (AvgIpc) is 3.01. The first-order valence-electron chi connectivity index (χ1n) is 8.90. The lowest BCUT2D eigenvalue weighted by atomic mass is 9.96. The molecule has 1 saturated carbocycles. The van der Waals surface area contributed by atoms with E-state index < -0.39 is 5.60 Å². The van der Waals surface area contributed by atoms with Crippen molar-refractivity contribution in [3.63, 3.8) is 0 Å². The maximum atomic E-state index is 12.9. The van der Waals surface area contributed by atoms with Crippen LogP contribution in [0.15, 0.2) is 24.3 Å². The van der Waals surface area contributed by atoms with Gasteiger partial charge in [0.2, 0.25) is 5.91 Å². The number of aliphatic hydroxyl groups is 1. The minimum absolute atomic E-state index is 0.0661. The van der Waals surface area contributed by atoms with Crippen molar-refractivity contribution in [3.05, 3.63) is 35.6 Å². The Morgan fingerprint density at radius 1 is 1.21 bits per heavy atom. The number of hydrogen-bond acceptors (Lipinski definition) is 3. The molecule has 0 spiro atoms. The van der Waals surface area contributed by atoms with Crippen molar-refractivity contribution in [3.8, 4) is 0 Å². The largest absolute Gasteiger partial charge is 0.389 e. The second kappa shape index (κ2) is 7.62. The van der Waals surface area contributed by atoms with Crippen LogP contribution in [0.2, 0.25) is 0 Å². The molecule has 1 saturated heterocycles. The van der Waals surface area contributed by atoms with E-state index in [1.54, 1.807) is 12.1 Å². The summed E-state index contributed by atoms with van der Waals surface area (Å²) >= 11 is 0. The summed E-state index contributed by atoms with van der Waals surface area (Å²) in [6.07, 6.45) is 5.54. The van der Waals surface area contributed by atoms with Crippen molar-refractivity contribution in [1.82, 2.24) is 4.90 Å². The molecular formula is C19H26FNO3. The summed E-state index contributed by atoms with van der Waals surface area (Å²) in [7, 11) is 0. The number of ether oxygens (including phenoxy) is 1. The summed E-state index contributed by atoms with van der Waals surface area (Å²) in [5.74, 6) is -0.175. The molecule has 0 atom stereocenters. The van der Waals surface area contributed by atoms with Crippen LogP contribution in [-0.4, -0.2) is 40.7 Å². The number of halogens is 1. The molecule has 1 aromatic carbocycles. The fraction of sp³-hybridized carbons (Fsp3) is 0.632. The third-order valence-electron chi connectivity index (χ3n) is 5.21. The third kappa shape index (κ3) is 4.54. The molecule has 1 aromatic rings. The van der Waals surface area contributed by atoms with Gasteiger partial charge in [-0.15, -0.1) is 0 Å². The predicted octanol–water partition coefficient (Wildman–Crippen LogP) is 3.03. The second-order valence-electron chi connectivity index (χ2n) is 7.13. The smallest absolute Gasteiger partial charge is 0.225 e. The highest BCUT2D eigenvalue weighted by molar-refractivity contribution is 5.77. The van der Waals surface area contributed by atoms with Crippen LogP contribution in [0.1, 0.15) is 50.5 Å². The van der Waals surface area contributed by atoms with Crippen LogP contribution in [0.4, 0.5) is 4.39 Å². The molecule has 2 fully saturated rings. The van der Waals surface area contributed by atoms with Gasteiger partial charge in [-0.3, -0.25) is 4.79 Å². The highest BCUT2D eigenvalue weighted by Gasteiger charge is 2.35. The topological polar surface area (TPSA) is 49.8 Å². The Kier molecular flexibility index (Phi) is 5.51. The molecule has 1 N–H and O–H groups in total. The zero-order chi connectivity index (χ0) is 17.0. The minimum Gasteiger partial charge on any atom is -0.389 e. The van der Waals surface area contributed by atoms with Crippen LogP contribution in [-0.2, 0) is 16.1 Å². The monoisotopic (exact) mass is 335 g/mol. The molecule has 0 bridgehead atoms. The first-order chi connectivity index (χ1) is 11.5. The number of carbonyl (C=O) groups excluding carboxylic acids is 1. The number of carbonyl (C=O) groups is 1. The van der Waals surface area contributed by atoms with Crippen LogP contribution < -0.4 is 0 Å². The Morgan fingerprint density at radius 3 is 2.46 bits per heavy atom. The third-order valence-corrected chi connectivity index (χ3v) is 5.21. The van der Waals surface area contributed by atoms with Crippen molar-refractivity contribution < 1.29 is 19.0 Å². The normalized spacial score (nSPS) is 21.2. The molecule has 2 aliphatic rings. The minimum atomic E-state index is -0.771. The number of likely N-dealkylation sites (tertiary alicyclic amines) is 1. The molecule has 24 heavy (non-hydrogen) atoms. The van der Waals surface area contributed by atoms with Gasteiger partial charge in [0.25, 0.3) is 0 Å². The Labute approximate surface area is 142 Å². The van der Waals surface area contributed by atoms with Crippen molar-refractivity contribution in [2.45, 2.75) is 63.3 Å². The highest BCUT2D eigenvalue weighted by atomic mass is 19.1. The molecule has 4 nitrogen and oxygen atoms in total. The molecule has 132 valence electrons. The van der Waals surface area contributed by atoms with E-state index in [0.717, 1.165) is 44.1 Å². The van der Waals surface area contributed by atoms with Gasteiger partial charge in [0.1, 0.15) is 5.82 Å². The Bertz CT molecular complexity index is 546.